The molecule has 38 heavy (non-hydrogen) atoms. The molecule has 3 aromatic carbocycles. The number of phenols is 1. The zero-order chi connectivity index (χ0) is 27.8. The molecule has 4 rings (SSSR count). The number of methoxy groups -OCH3 is 1. The second kappa shape index (κ2) is 10.4. The van der Waals surface area contributed by atoms with E-state index in [1.165, 1.54) is 24.1 Å². The van der Waals surface area contributed by atoms with Crippen molar-refractivity contribution in [2.75, 3.05) is 18.6 Å². The highest BCUT2D eigenvalue weighted by molar-refractivity contribution is 6.51. The summed E-state index contributed by atoms with van der Waals surface area (Å²) in [5, 5.41) is 21.6. The van der Waals surface area contributed by atoms with E-state index in [0.29, 0.717) is 34.9 Å². The van der Waals surface area contributed by atoms with Crippen molar-refractivity contribution in [1.82, 2.24) is 0 Å². The number of anilines is 1. The van der Waals surface area contributed by atoms with E-state index < -0.39 is 17.7 Å². The standard InChI is InChI=1S/C30H30ClNO6/c1-6-38-24-13-11-18(14-21(24)30(2,3)4)27(34)25-26(17-10-12-23(33)22(31)15-17)32(29(36)28(25)35)19-8-7-9-20(16-19)37-5/h7-16,26,33-34H,6H2,1-5H3/b27-25-. The summed E-state index contributed by atoms with van der Waals surface area (Å²) >= 11 is 6.22. The fourth-order valence-corrected chi connectivity index (χ4v) is 4.76. The topological polar surface area (TPSA) is 96.3 Å². The van der Waals surface area contributed by atoms with E-state index in [4.69, 9.17) is 21.1 Å². The summed E-state index contributed by atoms with van der Waals surface area (Å²) in [6, 6.07) is 15.4. The van der Waals surface area contributed by atoms with Gasteiger partial charge in [-0.1, -0.05) is 44.5 Å². The Labute approximate surface area is 226 Å². The van der Waals surface area contributed by atoms with Gasteiger partial charge in [-0.15, -0.1) is 0 Å². The Morgan fingerprint density at radius 1 is 1.05 bits per heavy atom. The molecular weight excluding hydrogens is 506 g/mol. The highest BCUT2D eigenvalue weighted by atomic mass is 35.5. The number of benzene rings is 3. The predicted octanol–water partition coefficient (Wildman–Crippen LogP) is 6.38. The molecule has 1 aliphatic heterocycles. The second-order valence-electron chi connectivity index (χ2n) is 9.98. The minimum absolute atomic E-state index is 0.0508. The van der Waals surface area contributed by atoms with Crippen molar-refractivity contribution in [2.45, 2.75) is 39.2 Å². The summed E-state index contributed by atoms with van der Waals surface area (Å²) in [6.07, 6.45) is 0. The van der Waals surface area contributed by atoms with Crippen molar-refractivity contribution in [1.29, 1.82) is 0 Å². The van der Waals surface area contributed by atoms with E-state index in [1.807, 2.05) is 27.7 Å². The second-order valence-corrected chi connectivity index (χ2v) is 10.4. The van der Waals surface area contributed by atoms with Crippen molar-refractivity contribution >= 4 is 34.7 Å². The van der Waals surface area contributed by atoms with Gasteiger partial charge in [-0.3, -0.25) is 14.5 Å². The Morgan fingerprint density at radius 2 is 1.79 bits per heavy atom. The summed E-state index contributed by atoms with van der Waals surface area (Å²) in [6.45, 7) is 8.43. The van der Waals surface area contributed by atoms with Crippen LogP contribution in [0.2, 0.25) is 5.02 Å². The number of aliphatic hydroxyl groups excluding tert-OH is 1. The number of amides is 1. The molecule has 0 bridgehead atoms. The highest BCUT2D eigenvalue weighted by Gasteiger charge is 2.47. The molecule has 0 aliphatic carbocycles. The van der Waals surface area contributed by atoms with Crippen LogP contribution in [0.4, 0.5) is 5.69 Å². The zero-order valence-electron chi connectivity index (χ0n) is 21.9. The number of ether oxygens (including phenoxy) is 2. The predicted molar refractivity (Wildman–Crippen MR) is 147 cm³/mol. The van der Waals surface area contributed by atoms with Gasteiger partial charge in [0.2, 0.25) is 0 Å². The molecule has 0 spiro atoms. The number of Topliss-reactive ketones (excluding diaryl/α,β-unsaturated/α-hetero) is 1. The maximum atomic E-state index is 13.5. The van der Waals surface area contributed by atoms with Crippen LogP contribution in [0.3, 0.4) is 0 Å². The number of aliphatic hydroxyl groups is 1. The average Bonchev–Trinajstić information content (AvgIpc) is 3.15. The lowest BCUT2D eigenvalue weighted by atomic mass is 9.84. The van der Waals surface area contributed by atoms with Crippen LogP contribution in [-0.4, -0.2) is 35.6 Å². The average molecular weight is 536 g/mol. The molecule has 2 N–H and O–H groups in total. The number of aromatic hydroxyl groups is 1. The number of halogens is 1. The fourth-order valence-electron chi connectivity index (χ4n) is 4.57. The lowest BCUT2D eigenvalue weighted by Gasteiger charge is -2.26. The molecule has 1 fully saturated rings. The molecule has 0 aromatic heterocycles. The van der Waals surface area contributed by atoms with Gasteiger partial charge in [0.1, 0.15) is 23.0 Å². The fraction of sp³-hybridized carbons (Fsp3) is 0.267. The van der Waals surface area contributed by atoms with Crippen LogP contribution in [0.1, 0.15) is 50.4 Å². The van der Waals surface area contributed by atoms with Crippen molar-refractivity contribution in [2.24, 2.45) is 0 Å². The van der Waals surface area contributed by atoms with E-state index in [9.17, 15) is 19.8 Å². The van der Waals surface area contributed by atoms with Crippen molar-refractivity contribution in [3.63, 3.8) is 0 Å². The van der Waals surface area contributed by atoms with Crippen LogP contribution < -0.4 is 14.4 Å². The SMILES string of the molecule is CCOc1ccc(/C(O)=C2/C(=O)C(=O)N(c3cccc(OC)c3)C2c2ccc(O)c(Cl)c2)cc1C(C)(C)C. The minimum atomic E-state index is -1.01. The van der Waals surface area contributed by atoms with Crippen molar-refractivity contribution in [3.8, 4) is 17.2 Å². The van der Waals surface area contributed by atoms with E-state index in [0.717, 1.165) is 5.56 Å². The Hall–Kier alpha value is -3.97. The summed E-state index contributed by atoms with van der Waals surface area (Å²) in [4.78, 5) is 28.2. The largest absolute Gasteiger partial charge is 0.507 e. The number of hydrogen-bond acceptors (Lipinski definition) is 6. The zero-order valence-corrected chi connectivity index (χ0v) is 22.7. The van der Waals surface area contributed by atoms with Crippen LogP contribution >= 0.6 is 11.6 Å². The monoisotopic (exact) mass is 535 g/mol. The van der Waals surface area contributed by atoms with Gasteiger partial charge in [0.05, 0.1) is 30.4 Å². The summed E-state index contributed by atoms with van der Waals surface area (Å²) in [7, 11) is 1.50. The molecule has 7 nitrogen and oxygen atoms in total. The maximum Gasteiger partial charge on any atom is 0.300 e. The molecule has 1 unspecified atom stereocenters. The Morgan fingerprint density at radius 3 is 2.42 bits per heavy atom. The Bertz CT molecular complexity index is 1440. The molecule has 1 heterocycles. The summed E-state index contributed by atoms with van der Waals surface area (Å²) in [5.41, 5.74) is 1.65. The summed E-state index contributed by atoms with van der Waals surface area (Å²) in [5.74, 6) is -0.947. The first-order valence-electron chi connectivity index (χ1n) is 12.2. The lowest BCUT2D eigenvalue weighted by molar-refractivity contribution is -0.132. The smallest absolute Gasteiger partial charge is 0.300 e. The van der Waals surface area contributed by atoms with Crippen LogP contribution in [-0.2, 0) is 15.0 Å². The third-order valence-corrected chi connectivity index (χ3v) is 6.73. The van der Waals surface area contributed by atoms with E-state index in [-0.39, 0.29) is 27.5 Å². The van der Waals surface area contributed by atoms with Gasteiger partial charge in [0, 0.05) is 22.9 Å². The van der Waals surface area contributed by atoms with Gasteiger partial charge >= 0.3 is 0 Å². The minimum Gasteiger partial charge on any atom is -0.507 e. The van der Waals surface area contributed by atoms with Crippen LogP contribution in [0, 0.1) is 0 Å². The van der Waals surface area contributed by atoms with Crippen LogP contribution in [0.15, 0.2) is 66.2 Å². The summed E-state index contributed by atoms with van der Waals surface area (Å²) < 4.78 is 11.1. The maximum absolute atomic E-state index is 13.5. The molecule has 1 atom stereocenters. The quantitative estimate of drug-likeness (QED) is 0.216. The number of rotatable bonds is 6. The first kappa shape index (κ1) is 27.1. The Kier molecular flexibility index (Phi) is 7.42. The van der Waals surface area contributed by atoms with E-state index in [2.05, 4.69) is 0 Å². The van der Waals surface area contributed by atoms with Gasteiger partial charge in [-0.25, -0.2) is 0 Å². The molecular formula is C30H30ClNO6. The number of ketones is 1. The number of carbonyl (C=O) groups is 2. The van der Waals surface area contributed by atoms with E-state index >= 15 is 0 Å². The number of phenolic OH excluding ortho intramolecular Hbond substituents is 1. The van der Waals surface area contributed by atoms with Gasteiger partial charge in [-0.2, -0.15) is 0 Å². The third kappa shape index (κ3) is 4.94. The molecule has 8 heteroatoms. The van der Waals surface area contributed by atoms with Gasteiger partial charge in [-0.05, 0) is 60.4 Å². The third-order valence-electron chi connectivity index (χ3n) is 6.42. The van der Waals surface area contributed by atoms with Crippen molar-refractivity contribution < 1.29 is 29.3 Å². The number of hydrogen-bond donors (Lipinski definition) is 2. The Balaban J connectivity index is 1.97. The number of nitrogens with zero attached hydrogens (tertiary/aromatic N) is 1. The highest BCUT2D eigenvalue weighted by Crippen LogP contribution is 2.44. The van der Waals surface area contributed by atoms with E-state index in [1.54, 1.807) is 48.5 Å². The molecule has 1 saturated heterocycles. The first-order valence-corrected chi connectivity index (χ1v) is 12.6. The lowest BCUT2D eigenvalue weighted by Crippen LogP contribution is -2.29. The molecule has 0 saturated carbocycles. The first-order chi connectivity index (χ1) is 18.0. The molecule has 1 amide bonds. The van der Waals surface area contributed by atoms with Gasteiger partial charge < -0.3 is 19.7 Å². The molecule has 0 radical (unpaired) electrons. The molecule has 198 valence electrons. The van der Waals surface area contributed by atoms with Gasteiger partial charge in [0.25, 0.3) is 11.7 Å². The number of carbonyl (C=O) groups excluding carboxylic acids is 2. The van der Waals surface area contributed by atoms with Crippen LogP contribution in [0.25, 0.3) is 5.76 Å². The van der Waals surface area contributed by atoms with Crippen LogP contribution in [0.5, 0.6) is 17.2 Å². The van der Waals surface area contributed by atoms with Gasteiger partial charge in [0.15, 0.2) is 0 Å². The molecule has 1 aliphatic rings. The normalized spacial score (nSPS) is 17.1. The molecule has 3 aromatic rings. The van der Waals surface area contributed by atoms with Crippen molar-refractivity contribution in [3.05, 3.63) is 87.9 Å².